The number of esters is 1. The number of carbonyl (C=O) groups is 1. The number of nitrogens with one attached hydrogen (secondary N) is 1. The molecule has 1 aliphatic rings. The average Bonchev–Trinajstić information content (AvgIpc) is 2.33. The summed E-state index contributed by atoms with van der Waals surface area (Å²) in [5, 5.41) is 3.38. The van der Waals surface area contributed by atoms with Crippen molar-refractivity contribution in [3.05, 3.63) is 0 Å². The summed E-state index contributed by atoms with van der Waals surface area (Å²) in [6, 6.07) is 0.767. The van der Waals surface area contributed by atoms with Gasteiger partial charge in [0.15, 0.2) is 0 Å². The molecule has 118 valence electrons. The first-order valence-corrected chi connectivity index (χ1v) is 7.66. The van der Waals surface area contributed by atoms with Crippen LogP contribution in [0.1, 0.15) is 34.6 Å². The van der Waals surface area contributed by atoms with Crippen LogP contribution >= 0.6 is 0 Å². The fourth-order valence-corrected chi connectivity index (χ4v) is 2.81. The molecule has 0 aromatic carbocycles. The maximum absolute atomic E-state index is 12.3. The Morgan fingerprint density at radius 1 is 1.45 bits per heavy atom. The van der Waals surface area contributed by atoms with Crippen LogP contribution in [0.3, 0.4) is 0 Å². The van der Waals surface area contributed by atoms with Crippen molar-refractivity contribution >= 4 is 5.97 Å². The molecule has 1 heterocycles. The molecule has 5 heteroatoms. The van der Waals surface area contributed by atoms with E-state index in [0.717, 1.165) is 19.6 Å². The number of likely N-dealkylation sites (N-methyl/N-ethyl adjacent to an activating group) is 1. The third-order valence-electron chi connectivity index (χ3n) is 3.92. The highest BCUT2D eigenvalue weighted by atomic mass is 16.5. The second-order valence-corrected chi connectivity index (χ2v) is 6.42. The third kappa shape index (κ3) is 4.72. The lowest BCUT2D eigenvalue weighted by Crippen LogP contribution is -2.62. The van der Waals surface area contributed by atoms with Gasteiger partial charge in [0.25, 0.3) is 0 Å². The van der Waals surface area contributed by atoms with E-state index in [2.05, 4.69) is 42.9 Å². The largest absolute Gasteiger partial charge is 0.465 e. The van der Waals surface area contributed by atoms with Crippen LogP contribution in [-0.2, 0) is 9.53 Å². The molecule has 1 saturated heterocycles. The van der Waals surface area contributed by atoms with E-state index in [1.54, 1.807) is 0 Å². The molecular weight excluding hydrogens is 254 g/mol. The van der Waals surface area contributed by atoms with Crippen molar-refractivity contribution in [3.63, 3.8) is 0 Å². The van der Waals surface area contributed by atoms with Crippen LogP contribution in [0.4, 0.5) is 0 Å². The Hall–Kier alpha value is -0.650. The first-order chi connectivity index (χ1) is 9.28. The number of carbonyl (C=O) groups excluding carboxylic acids is 1. The molecule has 0 radical (unpaired) electrons. The van der Waals surface area contributed by atoms with Crippen molar-refractivity contribution in [1.29, 1.82) is 0 Å². The molecule has 5 nitrogen and oxygen atoms in total. The molecule has 1 fully saturated rings. The first kappa shape index (κ1) is 17.4. The molecule has 0 amide bonds. The van der Waals surface area contributed by atoms with Crippen LogP contribution in [0.2, 0.25) is 0 Å². The van der Waals surface area contributed by atoms with Crippen LogP contribution < -0.4 is 5.32 Å². The van der Waals surface area contributed by atoms with Crippen LogP contribution in [0.25, 0.3) is 0 Å². The van der Waals surface area contributed by atoms with Gasteiger partial charge in [0.2, 0.25) is 0 Å². The monoisotopic (exact) mass is 285 g/mol. The van der Waals surface area contributed by atoms with E-state index < -0.39 is 5.54 Å². The zero-order valence-electron chi connectivity index (χ0n) is 13.9. The minimum absolute atomic E-state index is 0.153. The summed E-state index contributed by atoms with van der Waals surface area (Å²) >= 11 is 0. The van der Waals surface area contributed by atoms with Gasteiger partial charge >= 0.3 is 5.97 Å². The highest BCUT2D eigenvalue weighted by Crippen LogP contribution is 2.15. The minimum atomic E-state index is -0.639. The molecule has 0 saturated carbocycles. The molecule has 2 unspecified atom stereocenters. The summed E-state index contributed by atoms with van der Waals surface area (Å²) in [7, 11) is 2.15. The van der Waals surface area contributed by atoms with E-state index in [0.29, 0.717) is 19.2 Å². The number of hydrogen-bond donors (Lipinski definition) is 1. The van der Waals surface area contributed by atoms with Gasteiger partial charge in [-0.2, -0.15) is 0 Å². The van der Waals surface area contributed by atoms with Crippen LogP contribution in [0, 0.1) is 0 Å². The van der Waals surface area contributed by atoms with Gasteiger partial charge in [-0.1, -0.05) is 0 Å². The topological polar surface area (TPSA) is 44.8 Å². The molecule has 1 rings (SSSR count). The average molecular weight is 285 g/mol. The molecule has 0 aliphatic carbocycles. The summed E-state index contributed by atoms with van der Waals surface area (Å²) < 4.78 is 5.26. The summed E-state index contributed by atoms with van der Waals surface area (Å²) in [6.45, 7) is 14.3. The molecule has 0 aromatic heterocycles. The number of rotatable bonds is 6. The van der Waals surface area contributed by atoms with Crippen LogP contribution in [0.15, 0.2) is 0 Å². The van der Waals surface area contributed by atoms with Gasteiger partial charge in [0, 0.05) is 38.3 Å². The lowest BCUT2D eigenvalue weighted by molar-refractivity contribution is -0.152. The van der Waals surface area contributed by atoms with Gasteiger partial charge in [-0.05, 0) is 41.7 Å². The molecule has 1 N–H and O–H groups in total. The summed E-state index contributed by atoms with van der Waals surface area (Å²) in [5.74, 6) is -0.153. The third-order valence-corrected chi connectivity index (χ3v) is 3.92. The number of nitrogens with zero attached hydrogens (tertiary/aromatic N) is 2. The molecule has 1 aliphatic heterocycles. The van der Waals surface area contributed by atoms with Crippen LogP contribution in [0.5, 0.6) is 0 Å². The highest BCUT2D eigenvalue weighted by molar-refractivity contribution is 5.80. The standard InChI is InChI=1S/C15H31N3O2/c1-7-20-14(19)15(5,16-12(2)3)11-18-9-8-17(6)13(4)10-18/h12-13,16H,7-11H2,1-6H3. The number of ether oxygens (including phenoxy) is 1. The van der Waals surface area contributed by atoms with Gasteiger partial charge in [0.1, 0.15) is 5.54 Å². The molecule has 20 heavy (non-hydrogen) atoms. The summed E-state index contributed by atoms with van der Waals surface area (Å²) in [6.07, 6.45) is 0. The van der Waals surface area contributed by atoms with E-state index >= 15 is 0 Å². The minimum Gasteiger partial charge on any atom is -0.465 e. The zero-order chi connectivity index (χ0) is 15.3. The maximum Gasteiger partial charge on any atom is 0.327 e. The number of hydrogen-bond acceptors (Lipinski definition) is 5. The van der Waals surface area contributed by atoms with E-state index in [1.165, 1.54) is 0 Å². The fourth-order valence-electron chi connectivity index (χ4n) is 2.81. The van der Waals surface area contributed by atoms with Crippen molar-refractivity contribution < 1.29 is 9.53 Å². The molecule has 0 spiro atoms. The summed E-state index contributed by atoms with van der Waals surface area (Å²) in [5.41, 5.74) is -0.639. The second-order valence-electron chi connectivity index (χ2n) is 6.42. The first-order valence-electron chi connectivity index (χ1n) is 7.66. The molecule has 0 aromatic rings. The fraction of sp³-hybridized carbons (Fsp3) is 0.933. The molecular formula is C15H31N3O2. The molecule has 2 atom stereocenters. The Morgan fingerprint density at radius 2 is 2.10 bits per heavy atom. The SMILES string of the molecule is CCOC(=O)C(C)(CN1CCN(C)C(C)C1)NC(C)C. The van der Waals surface area contributed by atoms with Gasteiger partial charge < -0.3 is 9.64 Å². The smallest absolute Gasteiger partial charge is 0.327 e. The maximum atomic E-state index is 12.3. The Morgan fingerprint density at radius 3 is 2.60 bits per heavy atom. The second kappa shape index (κ2) is 7.38. The Balaban J connectivity index is 2.71. The quantitative estimate of drug-likeness (QED) is 0.736. The molecule has 0 bridgehead atoms. The predicted molar refractivity (Wildman–Crippen MR) is 81.8 cm³/mol. The van der Waals surface area contributed by atoms with E-state index in [9.17, 15) is 4.79 Å². The van der Waals surface area contributed by atoms with Crippen LogP contribution in [-0.4, -0.2) is 73.2 Å². The van der Waals surface area contributed by atoms with Crippen molar-refractivity contribution in [1.82, 2.24) is 15.1 Å². The van der Waals surface area contributed by atoms with Crippen molar-refractivity contribution in [2.45, 2.75) is 52.2 Å². The number of piperazine rings is 1. The van der Waals surface area contributed by atoms with Crippen molar-refractivity contribution in [2.75, 3.05) is 39.8 Å². The van der Waals surface area contributed by atoms with E-state index in [4.69, 9.17) is 4.74 Å². The predicted octanol–water partition coefficient (Wildman–Crippen LogP) is 0.942. The van der Waals surface area contributed by atoms with Gasteiger partial charge in [-0.15, -0.1) is 0 Å². The van der Waals surface area contributed by atoms with Gasteiger partial charge in [-0.3, -0.25) is 15.0 Å². The summed E-state index contributed by atoms with van der Waals surface area (Å²) in [4.78, 5) is 17.0. The van der Waals surface area contributed by atoms with E-state index in [1.807, 2.05) is 13.8 Å². The Labute approximate surface area is 123 Å². The zero-order valence-corrected chi connectivity index (χ0v) is 13.9. The van der Waals surface area contributed by atoms with Crippen molar-refractivity contribution in [3.8, 4) is 0 Å². The lowest BCUT2D eigenvalue weighted by atomic mass is 9.99. The highest BCUT2D eigenvalue weighted by Gasteiger charge is 2.38. The lowest BCUT2D eigenvalue weighted by Gasteiger charge is -2.42. The normalized spacial score (nSPS) is 24.6. The van der Waals surface area contributed by atoms with Gasteiger partial charge in [0.05, 0.1) is 6.61 Å². The Bertz CT molecular complexity index is 322. The Kier molecular flexibility index (Phi) is 6.43. The van der Waals surface area contributed by atoms with Gasteiger partial charge in [-0.25, -0.2) is 0 Å². The van der Waals surface area contributed by atoms with E-state index in [-0.39, 0.29) is 12.0 Å². The van der Waals surface area contributed by atoms with Crippen molar-refractivity contribution in [2.24, 2.45) is 0 Å².